The Morgan fingerprint density at radius 3 is 2.56 bits per heavy atom. The summed E-state index contributed by atoms with van der Waals surface area (Å²) in [4.78, 5) is 12.5. The lowest BCUT2D eigenvalue weighted by atomic mass is 9.86. The van der Waals surface area contributed by atoms with Crippen LogP contribution in [0.25, 0.3) is 11.0 Å². The maximum atomic E-state index is 13.9. The molecule has 0 N–H and O–H groups in total. The number of carbonyl (C=O) groups is 1. The minimum Gasteiger partial charge on any atom is -0.494 e. The van der Waals surface area contributed by atoms with Gasteiger partial charge in [-0.3, -0.25) is 4.79 Å². The van der Waals surface area contributed by atoms with Gasteiger partial charge < -0.3 is 9.47 Å². The molecule has 5 rings (SSSR count). The van der Waals surface area contributed by atoms with Crippen molar-refractivity contribution in [2.45, 2.75) is 57.1 Å². The van der Waals surface area contributed by atoms with Gasteiger partial charge in [0, 0.05) is 26.1 Å². The molecule has 3 aromatic carbocycles. The highest BCUT2D eigenvalue weighted by Gasteiger charge is 2.37. The lowest BCUT2D eigenvalue weighted by molar-refractivity contribution is -0.143. The van der Waals surface area contributed by atoms with E-state index in [1.807, 2.05) is 44.2 Å². The van der Waals surface area contributed by atoms with Crippen molar-refractivity contribution in [2.75, 3.05) is 20.3 Å². The number of alkyl halides is 3. The van der Waals surface area contributed by atoms with Gasteiger partial charge >= 0.3 is 12.1 Å². The summed E-state index contributed by atoms with van der Waals surface area (Å²) in [5.41, 5.74) is 3.55. The van der Waals surface area contributed by atoms with E-state index in [-0.39, 0.29) is 36.9 Å². The third-order valence-electron chi connectivity index (χ3n) is 8.20. The van der Waals surface area contributed by atoms with Crippen molar-refractivity contribution in [2.24, 2.45) is 13.0 Å². The maximum Gasteiger partial charge on any atom is 0.416 e. The molecule has 0 saturated carbocycles. The molecule has 0 saturated heterocycles. The van der Waals surface area contributed by atoms with Crippen LogP contribution in [0.2, 0.25) is 0 Å². The van der Waals surface area contributed by atoms with Gasteiger partial charge in [0.05, 0.1) is 30.6 Å². The van der Waals surface area contributed by atoms with Crippen LogP contribution < -0.4 is 4.74 Å². The summed E-state index contributed by atoms with van der Waals surface area (Å²) in [6.45, 7) is 5.74. The number of aromatic nitrogens is 3. The molecular weight excluding hydrogens is 609 g/mol. The average Bonchev–Trinajstić information content (AvgIpc) is 3.32. The number of rotatable bonds is 8. The van der Waals surface area contributed by atoms with Gasteiger partial charge in [-0.1, -0.05) is 36.4 Å². The number of nitrogens with zero attached hydrogens (tertiary/aromatic N) is 4. The number of methoxy groups -OCH3 is 1. The van der Waals surface area contributed by atoms with Crippen molar-refractivity contribution in [3.05, 3.63) is 81.9 Å². The normalized spacial score (nSPS) is 17.5. The number of halogens is 3. The molecule has 2 atom stereocenters. The Balaban J connectivity index is 1.57. The zero-order valence-electron chi connectivity index (χ0n) is 25.7. The van der Waals surface area contributed by atoms with Crippen LogP contribution in [0.15, 0.2) is 53.4 Å². The molecule has 0 fully saturated rings. The molecule has 9 nitrogen and oxygen atoms in total. The molecule has 45 heavy (non-hydrogen) atoms. The predicted octanol–water partition coefficient (Wildman–Crippen LogP) is 5.77. The second kappa shape index (κ2) is 12.4. The van der Waals surface area contributed by atoms with Gasteiger partial charge in [0.15, 0.2) is 0 Å². The lowest BCUT2D eigenvalue weighted by Gasteiger charge is -2.25. The van der Waals surface area contributed by atoms with Gasteiger partial charge in [0.1, 0.15) is 16.8 Å². The van der Waals surface area contributed by atoms with E-state index in [0.717, 1.165) is 28.8 Å². The Morgan fingerprint density at radius 1 is 1.11 bits per heavy atom. The van der Waals surface area contributed by atoms with Crippen LogP contribution in [0.4, 0.5) is 13.2 Å². The Morgan fingerprint density at radius 2 is 1.87 bits per heavy atom. The summed E-state index contributed by atoms with van der Waals surface area (Å²) >= 11 is 0. The third kappa shape index (κ3) is 6.55. The first-order valence-corrected chi connectivity index (χ1v) is 16.0. The molecule has 1 unspecified atom stereocenters. The first kappa shape index (κ1) is 32.4. The van der Waals surface area contributed by atoms with Gasteiger partial charge in [-0.15, -0.1) is 5.10 Å². The van der Waals surface area contributed by atoms with E-state index >= 15 is 0 Å². The van der Waals surface area contributed by atoms with Crippen LogP contribution in [0.3, 0.4) is 0 Å². The largest absolute Gasteiger partial charge is 0.494 e. The number of carbonyl (C=O) groups excluding carboxylic acids is 1. The molecular formula is C32H35F3N4O5S. The van der Waals surface area contributed by atoms with Gasteiger partial charge in [0.2, 0.25) is 10.0 Å². The summed E-state index contributed by atoms with van der Waals surface area (Å²) < 4.78 is 82.2. The van der Waals surface area contributed by atoms with Gasteiger partial charge in [0.25, 0.3) is 0 Å². The fourth-order valence-electron chi connectivity index (χ4n) is 5.93. The number of ether oxygens (including phenoxy) is 2. The average molecular weight is 645 g/mol. The van der Waals surface area contributed by atoms with E-state index in [9.17, 15) is 26.4 Å². The van der Waals surface area contributed by atoms with Crippen molar-refractivity contribution in [1.82, 2.24) is 19.3 Å². The summed E-state index contributed by atoms with van der Waals surface area (Å²) in [7, 11) is -0.981. The minimum atomic E-state index is -4.68. The van der Waals surface area contributed by atoms with Crippen molar-refractivity contribution >= 4 is 27.0 Å². The highest BCUT2D eigenvalue weighted by molar-refractivity contribution is 7.89. The second-order valence-corrected chi connectivity index (χ2v) is 13.4. The van der Waals surface area contributed by atoms with E-state index in [4.69, 9.17) is 9.47 Å². The molecule has 0 aliphatic carbocycles. The van der Waals surface area contributed by atoms with E-state index in [1.165, 1.54) is 17.5 Å². The molecule has 0 bridgehead atoms. The molecule has 2 heterocycles. The number of hydrogen-bond donors (Lipinski definition) is 0. The van der Waals surface area contributed by atoms with Gasteiger partial charge in [-0.2, -0.15) is 17.5 Å². The lowest BCUT2D eigenvalue weighted by Crippen LogP contribution is -2.33. The first-order valence-electron chi connectivity index (χ1n) is 14.6. The molecule has 1 aromatic heterocycles. The summed E-state index contributed by atoms with van der Waals surface area (Å²) in [6, 6.07) is 12.2. The number of esters is 1. The Bertz CT molecular complexity index is 1860. The number of benzene rings is 3. The number of aryl methyl sites for hydroxylation is 2. The highest BCUT2D eigenvalue weighted by atomic mass is 32.2. The monoisotopic (exact) mass is 644 g/mol. The van der Waals surface area contributed by atoms with Crippen LogP contribution in [-0.4, -0.2) is 53.9 Å². The molecule has 0 spiro atoms. The van der Waals surface area contributed by atoms with Crippen molar-refractivity contribution in [1.29, 1.82) is 0 Å². The number of hydrogen-bond acceptors (Lipinski definition) is 7. The third-order valence-corrected chi connectivity index (χ3v) is 10.1. The fraction of sp³-hybridized carbons (Fsp3) is 0.406. The van der Waals surface area contributed by atoms with Crippen molar-refractivity contribution < 1.29 is 35.9 Å². The Kier molecular flexibility index (Phi) is 8.96. The quantitative estimate of drug-likeness (QED) is 0.224. The highest BCUT2D eigenvalue weighted by Crippen LogP contribution is 2.38. The summed E-state index contributed by atoms with van der Waals surface area (Å²) in [6.07, 6.45) is -4.35. The van der Waals surface area contributed by atoms with E-state index in [2.05, 4.69) is 10.3 Å². The minimum absolute atomic E-state index is 0.00208. The molecule has 0 amide bonds. The first-order chi connectivity index (χ1) is 21.2. The van der Waals surface area contributed by atoms with Crippen LogP contribution in [0.5, 0.6) is 5.75 Å². The molecule has 240 valence electrons. The Hall–Kier alpha value is -3.97. The number of fused-ring (bicyclic) bond motifs is 2. The van der Waals surface area contributed by atoms with Gasteiger partial charge in [-0.05, 0) is 78.3 Å². The van der Waals surface area contributed by atoms with Crippen molar-refractivity contribution in [3.63, 3.8) is 0 Å². The van der Waals surface area contributed by atoms with E-state index < -0.39 is 33.7 Å². The van der Waals surface area contributed by atoms with E-state index in [1.54, 1.807) is 18.7 Å². The SMILES string of the molecule is CCOC(=O)CC(c1ccc(C)c(CN2C[C@@H](C)Cc3ccc(C(F)(F)F)cc3S2(=O)=O)c1)c1cc(OC)c2c(c1)nnn2C. The van der Waals surface area contributed by atoms with Crippen LogP contribution in [0.1, 0.15) is 59.6 Å². The maximum absolute atomic E-state index is 13.9. The molecule has 4 aromatic rings. The van der Waals surface area contributed by atoms with Crippen molar-refractivity contribution in [3.8, 4) is 5.75 Å². The zero-order chi connectivity index (χ0) is 32.7. The van der Waals surface area contributed by atoms with E-state index in [0.29, 0.717) is 34.3 Å². The van der Waals surface area contributed by atoms with Gasteiger partial charge in [-0.25, -0.2) is 13.1 Å². The molecule has 1 aliphatic rings. The Labute approximate surface area is 260 Å². The zero-order valence-corrected chi connectivity index (χ0v) is 26.5. The topological polar surface area (TPSA) is 104 Å². The second-order valence-electron chi connectivity index (χ2n) is 11.5. The summed E-state index contributed by atoms with van der Waals surface area (Å²) in [5, 5.41) is 8.32. The predicted molar refractivity (Wildman–Crippen MR) is 161 cm³/mol. The van der Waals surface area contributed by atoms with Crippen LogP contribution in [0, 0.1) is 12.8 Å². The van der Waals surface area contributed by atoms with Crippen LogP contribution in [-0.2, 0) is 45.7 Å². The number of sulfonamides is 1. The fourth-order valence-corrected chi connectivity index (χ4v) is 7.73. The molecule has 1 aliphatic heterocycles. The molecule has 0 radical (unpaired) electrons. The smallest absolute Gasteiger partial charge is 0.416 e. The standard InChI is InChI=1S/C32H35F3N4O5S/c1-6-44-30(40)16-26(23-13-27-31(28(14-23)43-5)38(4)37-36-27)21-8-7-20(3)24(12-21)18-39-17-19(2)11-22-9-10-25(32(33,34)35)15-29(22)45(39,41)42/h7-10,12-15,19,26H,6,11,16-18H2,1-5H3/t19-,26?/m0/s1. The van der Waals surface area contributed by atoms with Crippen LogP contribution >= 0.6 is 0 Å². The molecule has 13 heteroatoms. The summed E-state index contributed by atoms with van der Waals surface area (Å²) in [5.74, 6) is -0.524.